The summed E-state index contributed by atoms with van der Waals surface area (Å²) in [5, 5.41) is 23.2. The highest BCUT2D eigenvalue weighted by atomic mass is 35.5. The molecule has 2 aromatic heterocycles. The monoisotopic (exact) mass is 570 g/mol. The molecule has 1 atom stereocenters. The van der Waals surface area contributed by atoms with Gasteiger partial charge in [0.2, 0.25) is 5.95 Å². The van der Waals surface area contributed by atoms with Crippen molar-refractivity contribution in [2.75, 3.05) is 25.0 Å². The topological polar surface area (TPSA) is 94.8 Å². The van der Waals surface area contributed by atoms with Crippen molar-refractivity contribution in [3.05, 3.63) is 88.6 Å². The van der Waals surface area contributed by atoms with Crippen LogP contribution in [0.3, 0.4) is 0 Å². The Balaban J connectivity index is 1.01. The molecule has 1 aliphatic carbocycles. The molecule has 2 aromatic carbocycles. The number of aromatic nitrogens is 3. The first kappa shape index (κ1) is 26.4. The number of halogens is 1. The normalized spacial score (nSPS) is 27.6. The van der Waals surface area contributed by atoms with Crippen molar-refractivity contribution in [3.8, 4) is 0 Å². The van der Waals surface area contributed by atoms with E-state index in [0.717, 1.165) is 54.9 Å². The highest BCUT2D eigenvalue weighted by molar-refractivity contribution is 6.30. The van der Waals surface area contributed by atoms with Crippen LogP contribution in [-0.2, 0) is 5.60 Å². The van der Waals surface area contributed by atoms with Crippen molar-refractivity contribution < 1.29 is 9.90 Å². The van der Waals surface area contributed by atoms with Gasteiger partial charge in [-0.1, -0.05) is 29.8 Å². The highest BCUT2D eigenvalue weighted by Crippen LogP contribution is 2.44. The fourth-order valence-electron chi connectivity index (χ4n) is 6.97. The number of fused-ring (bicyclic) bond motifs is 4. The zero-order valence-corrected chi connectivity index (χ0v) is 23.7. The van der Waals surface area contributed by atoms with Gasteiger partial charge in [0.1, 0.15) is 0 Å². The fourth-order valence-corrected chi connectivity index (χ4v) is 7.09. The summed E-state index contributed by atoms with van der Waals surface area (Å²) in [5.74, 6) is 1.38. The van der Waals surface area contributed by atoms with Crippen LogP contribution in [-0.4, -0.2) is 56.2 Å². The van der Waals surface area contributed by atoms with Crippen LogP contribution in [0.1, 0.15) is 65.9 Å². The van der Waals surface area contributed by atoms with E-state index in [1.54, 1.807) is 0 Å². The van der Waals surface area contributed by atoms with Crippen LogP contribution in [0.25, 0.3) is 5.65 Å². The third-order valence-corrected chi connectivity index (χ3v) is 9.65. The van der Waals surface area contributed by atoms with E-state index < -0.39 is 5.60 Å². The number of nitrogens with one attached hydrogen (secondary N) is 2. The average Bonchev–Trinajstić information content (AvgIpc) is 3.41. The molecule has 4 aromatic rings. The molecule has 2 bridgehead atoms. The smallest absolute Gasteiger partial charge is 0.251 e. The third kappa shape index (κ3) is 5.32. The van der Waals surface area contributed by atoms with Crippen molar-refractivity contribution >= 4 is 34.8 Å². The van der Waals surface area contributed by atoms with Gasteiger partial charge in [0.05, 0.1) is 5.60 Å². The van der Waals surface area contributed by atoms with Gasteiger partial charge < -0.3 is 20.6 Å². The molecule has 4 aliphatic rings. The molecule has 1 amide bonds. The summed E-state index contributed by atoms with van der Waals surface area (Å²) in [7, 11) is 0. The number of benzene rings is 2. The number of carbonyl (C=O) groups is 1. The molecular weight excluding hydrogens is 536 g/mol. The Morgan fingerprint density at radius 1 is 0.976 bits per heavy atom. The van der Waals surface area contributed by atoms with Gasteiger partial charge >= 0.3 is 0 Å². The van der Waals surface area contributed by atoms with E-state index in [1.165, 1.54) is 12.8 Å². The number of carbonyl (C=O) groups excluding carboxylic acids is 1. The summed E-state index contributed by atoms with van der Waals surface area (Å²) in [6, 6.07) is 19.4. The molecule has 3 aliphatic heterocycles. The molecule has 9 heteroatoms. The van der Waals surface area contributed by atoms with E-state index in [4.69, 9.17) is 16.6 Å². The van der Waals surface area contributed by atoms with Gasteiger partial charge in [-0.2, -0.15) is 4.98 Å². The Morgan fingerprint density at radius 3 is 2.39 bits per heavy atom. The maximum absolute atomic E-state index is 12.9. The van der Waals surface area contributed by atoms with Crippen LogP contribution in [0.15, 0.2) is 66.9 Å². The molecule has 1 saturated carbocycles. The van der Waals surface area contributed by atoms with Crippen molar-refractivity contribution in [3.63, 3.8) is 0 Å². The second-order valence-electron chi connectivity index (χ2n) is 11.9. The summed E-state index contributed by atoms with van der Waals surface area (Å²) < 4.78 is 1.81. The first-order valence-electron chi connectivity index (χ1n) is 14.7. The molecule has 0 spiro atoms. The van der Waals surface area contributed by atoms with Crippen LogP contribution in [0, 0.1) is 5.92 Å². The number of aliphatic hydroxyl groups is 1. The van der Waals surface area contributed by atoms with Gasteiger partial charge in [-0.15, -0.1) is 5.10 Å². The lowest BCUT2D eigenvalue weighted by molar-refractivity contribution is -0.00559. The van der Waals surface area contributed by atoms with Crippen LogP contribution >= 0.6 is 11.6 Å². The Kier molecular flexibility index (Phi) is 6.93. The minimum atomic E-state index is -0.830. The lowest BCUT2D eigenvalue weighted by Gasteiger charge is -2.44. The zero-order chi connectivity index (χ0) is 28.0. The molecular formula is C32H35ClN6O2. The number of anilines is 2. The van der Waals surface area contributed by atoms with E-state index in [1.807, 2.05) is 65.3 Å². The van der Waals surface area contributed by atoms with Crippen molar-refractivity contribution in [1.29, 1.82) is 0 Å². The lowest BCUT2D eigenvalue weighted by Crippen LogP contribution is -2.57. The molecule has 41 heavy (non-hydrogen) atoms. The summed E-state index contributed by atoms with van der Waals surface area (Å²) in [6.45, 7) is 3.27. The summed E-state index contributed by atoms with van der Waals surface area (Å²) in [4.78, 5) is 20.2. The van der Waals surface area contributed by atoms with Gasteiger partial charge in [0.25, 0.3) is 5.91 Å². The Labute approximate surface area is 244 Å². The molecule has 212 valence electrons. The number of hydrogen-bond acceptors (Lipinski definition) is 6. The molecule has 8 rings (SSSR count). The fraction of sp³-hybridized carbons (Fsp3) is 0.406. The second kappa shape index (κ2) is 10.7. The lowest BCUT2D eigenvalue weighted by atomic mass is 9.73. The number of hydrogen-bond donors (Lipinski definition) is 3. The minimum Gasteiger partial charge on any atom is -0.385 e. The van der Waals surface area contributed by atoms with E-state index >= 15 is 0 Å². The molecule has 3 saturated heterocycles. The number of amides is 1. The van der Waals surface area contributed by atoms with Crippen molar-refractivity contribution in [2.45, 2.75) is 56.1 Å². The van der Waals surface area contributed by atoms with Gasteiger partial charge in [0.15, 0.2) is 5.65 Å². The summed E-state index contributed by atoms with van der Waals surface area (Å²) in [6.07, 6.45) is 7.33. The molecule has 8 nitrogen and oxygen atoms in total. The Morgan fingerprint density at radius 2 is 1.71 bits per heavy atom. The van der Waals surface area contributed by atoms with Crippen LogP contribution in [0.5, 0.6) is 0 Å². The third-order valence-electron chi connectivity index (χ3n) is 9.40. The maximum atomic E-state index is 12.9. The van der Waals surface area contributed by atoms with Gasteiger partial charge in [0, 0.05) is 40.6 Å². The van der Waals surface area contributed by atoms with Gasteiger partial charge in [-0.05, 0) is 111 Å². The highest BCUT2D eigenvalue weighted by Gasteiger charge is 2.36. The van der Waals surface area contributed by atoms with Crippen LogP contribution in [0.2, 0.25) is 5.02 Å². The first-order chi connectivity index (χ1) is 19.9. The van der Waals surface area contributed by atoms with Crippen LogP contribution in [0.4, 0.5) is 11.6 Å². The zero-order valence-electron chi connectivity index (χ0n) is 23.0. The van der Waals surface area contributed by atoms with E-state index in [2.05, 4.69) is 26.7 Å². The molecule has 5 heterocycles. The molecule has 4 fully saturated rings. The second-order valence-corrected chi connectivity index (χ2v) is 12.3. The standard InChI is InChI=1S/C32H35ClN6O2/c33-25-7-5-24(6-8-25)32(41)15-11-21(12-16-32)27-2-1-17-39-29(27)36-31(37-39)34-26-9-3-23(4-10-26)30(40)35-28-20-38-18-13-22(28)14-19-38/h1-10,17,21-22,28,41H,11-16,18-20H2,(H,34,37)(H,35,40)/t21?,28-,32?/m0/s1. The van der Waals surface area contributed by atoms with E-state index in [9.17, 15) is 9.90 Å². The van der Waals surface area contributed by atoms with E-state index in [-0.39, 0.29) is 17.9 Å². The number of piperidine rings is 3. The predicted octanol–water partition coefficient (Wildman–Crippen LogP) is 5.50. The van der Waals surface area contributed by atoms with Crippen molar-refractivity contribution in [2.24, 2.45) is 5.92 Å². The molecule has 0 radical (unpaired) electrons. The molecule has 0 unspecified atom stereocenters. The average molecular weight is 571 g/mol. The maximum Gasteiger partial charge on any atom is 0.251 e. The van der Waals surface area contributed by atoms with Crippen molar-refractivity contribution in [1.82, 2.24) is 24.8 Å². The number of rotatable bonds is 6. The Bertz CT molecular complexity index is 1540. The van der Waals surface area contributed by atoms with Gasteiger partial charge in [-0.25, -0.2) is 4.52 Å². The number of nitrogens with zero attached hydrogens (tertiary/aromatic N) is 4. The molecule has 3 N–H and O–H groups in total. The predicted molar refractivity (Wildman–Crippen MR) is 160 cm³/mol. The largest absolute Gasteiger partial charge is 0.385 e. The Hall–Kier alpha value is -3.46. The van der Waals surface area contributed by atoms with E-state index in [0.29, 0.717) is 35.3 Å². The quantitative estimate of drug-likeness (QED) is 0.283. The summed E-state index contributed by atoms with van der Waals surface area (Å²) >= 11 is 6.05. The number of pyridine rings is 1. The van der Waals surface area contributed by atoms with Gasteiger partial charge in [-0.3, -0.25) is 4.79 Å². The van der Waals surface area contributed by atoms with Crippen LogP contribution < -0.4 is 10.6 Å². The summed E-state index contributed by atoms with van der Waals surface area (Å²) in [5.41, 5.74) is 3.55. The SMILES string of the molecule is O=C(N[C@H]1CN2CCC1CC2)c1ccc(Nc2nc3c(C4CCC(O)(c5ccc(Cl)cc5)CC4)cccn3n2)cc1. The minimum absolute atomic E-state index is 0.0127. The first-order valence-corrected chi connectivity index (χ1v) is 15.1.